The number of nitriles is 1. The molecular weight excluding hydrogens is 367 g/mol. The number of piperazine rings is 1. The minimum atomic E-state index is -0.228. The van der Waals surface area contributed by atoms with Gasteiger partial charge in [-0.1, -0.05) is 30.3 Å². The number of nitrogens with zero attached hydrogens (tertiary/aromatic N) is 4. The van der Waals surface area contributed by atoms with Gasteiger partial charge in [-0.2, -0.15) is 5.26 Å². The summed E-state index contributed by atoms with van der Waals surface area (Å²) < 4.78 is 19.3. The molecule has 1 aromatic heterocycles. The van der Waals surface area contributed by atoms with Crippen molar-refractivity contribution in [1.82, 2.24) is 4.98 Å². The second-order valence-corrected chi connectivity index (χ2v) is 7.63. The average Bonchev–Trinajstić information content (AvgIpc) is 3.46. The van der Waals surface area contributed by atoms with Crippen LogP contribution in [0.1, 0.15) is 35.4 Å². The molecule has 3 aromatic rings. The summed E-state index contributed by atoms with van der Waals surface area (Å²) in [7, 11) is 0. The second kappa shape index (κ2) is 7.25. The van der Waals surface area contributed by atoms with E-state index in [-0.39, 0.29) is 11.7 Å². The van der Waals surface area contributed by atoms with E-state index in [2.05, 4.69) is 33.0 Å². The molecule has 2 unspecified atom stereocenters. The Kier molecular flexibility index (Phi) is 4.44. The normalized spacial score (nSPS) is 21.1. The van der Waals surface area contributed by atoms with Crippen molar-refractivity contribution in [2.75, 3.05) is 36.0 Å². The highest BCUT2D eigenvalue weighted by Gasteiger charge is 2.44. The number of aromatic nitrogens is 1. The third-order valence-corrected chi connectivity index (χ3v) is 5.83. The molecule has 6 heteroatoms. The van der Waals surface area contributed by atoms with Crippen LogP contribution >= 0.6 is 0 Å². The van der Waals surface area contributed by atoms with Gasteiger partial charge >= 0.3 is 0 Å². The Bertz CT molecular complexity index is 1030. The van der Waals surface area contributed by atoms with Crippen molar-refractivity contribution >= 4 is 11.6 Å². The fourth-order valence-electron chi connectivity index (χ4n) is 4.13. The summed E-state index contributed by atoms with van der Waals surface area (Å²) in [6.45, 7) is 3.02. The van der Waals surface area contributed by atoms with Gasteiger partial charge in [-0.3, -0.25) is 0 Å². The van der Waals surface area contributed by atoms with Gasteiger partial charge in [0.25, 0.3) is 0 Å². The van der Waals surface area contributed by atoms with Gasteiger partial charge in [0.1, 0.15) is 11.9 Å². The van der Waals surface area contributed by atoms with E-state index >= 15 is 0 Å². The first-order valence-electron chi connectivity index (χ1n) is 9.94. The minimum Gasteiger partial charge on any atom is -0.423 e. The quantitative estimate of drug-likeness (QED) is 0.668. The largest absolute Gasteiger partial charge is 0.423 e. The summed E-state index contributed by atoms with van der Waals surface area (Å²) >= 11 is 0. The number of rotatable bonds is 4. The zero-order chi connectivity index (χ0) is 19.8. The molecule has 2 heterocycles. The van der Waals surface area contributed by atoms with E-state index in [4.69, 9.17) is 4.42 Å². The zero-order valence-corrected chi connectivity index (χ0v) is 16.0. The molecule has 29 heavy (non-hydrogen) atoms. The summed E-state index contributed by atoms with van der Waals surface area (Å²) in [5, 5.41) is 9.56. The van der Waals surface area contributed by atoms with Crippen molar-refractivity contribution in [2.24, 2.45) is 0 Å². The summed E-state index contributed by atoms with van der Waals surface area (Å²) in [4.78, 5) is 8.81. The average molecular weight is 388 g/mol. The molecule has 0 bridgehead atoms. The van der Waals surface area contributed by atoms with E-state index in [1.54, 1.807) is 12.1 Å². The molecule has 2 atom stereocenters. The molecule has 2 aliphatic rings. The topological polar surface area (TPSA) is 56.3 Å². The summed E-state index contributed by atoms with van der Waals surface area (Å²) in [6.07, 6.45) is 1.01. The standard InChI is InChI=1S/C23H21FN4O/c24-17-6-8-18(9-7-17)27-10-12-28(13-11-27)23-21(15-25)26-22(29-23)20-14-19(20)16-4-2-1-3-5-16/h1-9,19-20H,10-14H2. The fraction of sp³-hybridized carbons (Fsp3) is 0.304. The minimum absolute atomic E-state index is 0.228. The lowest BCUT2D eigenvalue weighted by Gasteiger charge is -2.35. The van der Waals surface area contributed by atoms with Gasteiger partial charge in [0.05, 0.1) is 0 Å². The van der Waals surface area contributed by atoms with Crippen molar-refractivity contribution in [3.63, 3.8) is 0 Å². The first-order chi connectivity index (χ1) is 14.2. The first kappa shape index (κ1) is 17.7. The zero-order valence-electron chi connectivity index (χ0n) is 16.0. The molecule has 146 valence electrons. The van der Waals surface area contributed by atoms with Crippen LogP contribution in [-0.2, 0) is 0 Å². The Labute approximate surface area is 169 Å². The number of hydrogen-bond acceptors (Lipinski definition) is 5. The lowest BCUT2D eigenvalue weighted by atomic mass is 10.1. The second-order valence-electron chi connectivity index (χ2n) is 7.63. The summed E-state index contributed by atoms with van der Waals surface area (Å²) in [5.41, 5.74) is 2.67. The predicted octanol–water partition coefficient (Wildman–Crippen LogP) is 4.28. The molecule has 2 aromatic carbocycles. The van der Waals surface area contributed by atoms with E-state index < -0.39 is 0 Å². The molecule has 0 radical (unpaired) electrons. The van der Waals surface area contributed by atoms with Crippen LogP contribution in [-0.4, -0.2) is 31.2 Å². The van der Waals surface area contributed by atoms with E-state index in [1.807, 2.05) is 18.2 Å². The van der Waals surface area contributed by atoms with Crippen LogP contribution in [0.3, 0.4) is 0 Å². The third-order valence-electron chi connectivity index (χ3n) is 5.83. The maximum absolute atomic E-state index is 13.2. The molecule has 0 N–H and O–H groups in total. The van der Waals surface area contributed by atoms with Gasteiger partial charge in [-0.05, 0) is 42.2 Å². The Hall–Kier alpha value is -3.33. The van der Waals surface area contributed by atoms with Gasteiger partial charge in [-0.15, -0.1) is 0 Å². The SMILES string of the molecule is N#Cc1nc(C2CC2c2ccccc2)oc1N1CCN(c2ccc(F)cc2)CC1. The van der Waals surface area contributed by atoms with Crippen molar-refractivity contribution in [3.05, 3.63) is 77.6 Å². The maximum atomic E-state index is 13.2. The van der Waals surface area contributed by atoms with Crippen molar-refractivity contribution in [3.8, 4) is 6.07 Å². The molecular formula is C23H21FN4O. The molecule has 0 amide bonds. The van der Waals surface area contributed by atoms with Crippen LogP contribution in [0.5, 0.6) is 0 Å². The Morgan fingerprint density at radius 2 is 1.62 bits per heavy atom. The van der Waals surface area contributed by atoms with Gasteiger partial charge in [0.15, 0.2) is 0 Å². The highest BCUT2D eigenvalue weighted by Crippen LogP contribution is 2.54. The molecule has 5 nitrogen and oxygen atoms in total. The number of halogens is 1. The van der Waals surface area contributed by atoms with Gasteiger partial charge in [0.2, 0.25) is 17.5 Å². The maximum Gasteiger partial charge on any atom is 0.234 e. The van der Waals surface area contributed by atoms with Crippen molar-refractivity contribution < 1.29 is 8.81 Å². The lowest BCUT2D eigenvalue weighted by Crippen LogP contribution is -2.46. The Morgan fingerprint density at radius 1 is 0.931 bits per heavy atom. The molecule has 1 aliphatic carbocycles. The van der Waals surface area contributed by atoms with Crippen LogP contribution in [0.15, 0.2) is 59.0 Å². The van der Waals surface area contributed by atoms with E-state index in [9.17, 15) is 9.65 Å². The molecule has 0 spiro atoms. The highest BCUT2D eigenvalue weighted by molar-refractivity contribution is 5.52. The van der Waals surface area contributed by atoms with Crippen LogP contribution in [0, 0.1) is 17.1 Å². The van der Waals surface area contributed by atoms with Gasteiger partial charge < -0.3 is 14.2 Å². The smallest absolute Gasteiger partial charge is 0.234 e. The fourth-order valence-corrected chi connectivity index (χ4v) is 4.13. The van der Waals surface area contributed by atoms with Crippen LogP contribution < -0.4 is 9.80 Å². The highest BCUT2D eigenvalue weighted by atomic mass is 19.1. The molecule has 1 aliphatic heterocycles. The van der Waals surface area contributed by atoms with Crippen LogP contribution in [0.4, 0.5) is 16.0 Å². The monoisotopic (exact) mass is 388 g/mol. The van der Waals surface area contributed by atoms with Crippen LogP contribution in [0.25, 0.3) is 0 Å². The lowest BCUT2D eigenvalue weighted by molar-refractivity contribution is 0.476. The van der Waals surface area contributed by atoms with Crippen molar-refractivity contribution in [1.29, 1.82) is 5.26 Å². The van der Waals surface area contributed by atoms with E-state index in [0.717, 1.165) is 38.3 Å². The number of anilines is 2. The van der Waals surface area contributed by atoms with Gasteiger partial charge in [0, 0.05) is 37.8 Å². The summed E-state index contributed by atoms with van der Waals surface area (Å²) in [6, 6.07) is 19.1. The predicted molar refractivity (Wildman–Crippen MR) is 109 cm³/mol. The molecule has 5 rings (SSSR count). The Balaban J connectivity index is 1.29. The molecule has 2 fully saturated rings. The van der Waals surface area contributed by atoms with Crippen molar-refractivity contribution in [2.45, 2.75) is 18.3 Å². The molecule has 1 saturated carbocycles. The van der Waals surface area contributed by atoms with Crippen LogP contribution in [0.2, 0.25) is 0 Å². The number of hydrogen-bond donors (Lipinski definition) is 0. The summed E-state index contributed by atoms with van der Waals surface area (Å²) in [5.74, 6) is 1.70. The van der Waals surface area contributed by atoms with E-state index in [1.165, 1.54) is 17.7 Å². The number of benzene rings is 2. The van der Waals surface area contributed by atoms with E-state index in [0.29, 0.717) is 23.4 Å². The molecule has 1 saturated heterocycles. The first-order valence-corrected chi connectivity index (χ1v) is 9.94. The third kappa shape index (κ3) is 3.44. The van der Waals surface area contributed by atoms with Gasteiger partial charge in [-0.25, -0.2) is 9.37 Å². The number of oxazole rings is 1. The Morgan fingerprint density at radius 3 is 2.31 bits per heavy atom.